The van der Waals surface area contributed by atoms with Crippen LogP contribution < -0.4 is 0 Å². The third-order valence-electron chi connectivity index (χ3n) is 10.2. The molecule has 0 fully saturated rings. The van der Waals surface area contributed by atoms with E-state index in [1.807, 2.05) is 36.4 Å². The quantitative estimate of drug-likeness (QED) is 0.166. The number of aromatic nitrogens is 3. The molecule has 4 heteroatoms. The number of para-hydroxylation sites is 1. The van der Waals surface area contributed by atoms with Crippen molar-refractivity contribution in [2.75, 3.05) is 0 Å². The molecule has 0 unspecified atom stereocenters. The molecule has 0 amide bonds. The van der Waals surface area contributed by atoms with Gasteiger partial charge < -0.3 is 4.42 Å². The predicted molar refractivity (Wildman–Crippen MR) is 225 cm³/mol. The van der Waals surface area contributed by atoms with Gasteiger partial charge in [0.05, 0.1) is 0 Å². The van der Waals surface area contributed by atoms with Crippen LogP contribution in [0.4, 0.5) is 0 Å². The van der Waals surface area contributed by atoms with Crippen LogP contribution in [0.25, 0.3) is 101 Å². The molecule has 10 rings (SSSR count). The molecular formula is C51H33N3O. The zero-order chi connectivity index (χ0) is 36.6. The van der Waals surface area contributed by atoms with Crippen LogP contribution in [0.2, 0.25) is 0 Å². The van der Waals surface area contributed by atoms with Crippen LogP contribution in [-0.4, -0.2) is 15.0 Å². The third-order valence-corrected chi connectivity index (χ3v) is 10.2. The molecule has 0 radical (unpaired) electrons. The van der Waals surface area contributed by atoms with Gasteiger partial charge >= 0.3 is 0 Å². The van der Waals surface area contributed by atoms with Crippen LogP contribution >= 0.6 is 0 Å². The first kappa shape index (κ1) is 32.2. The normalized spacial score (nSPS) is 11.3. The lowest BCUT2D eigenvalue weighted by Crippen LogP contribution is -2.01. The minimum absolute atomic E-state index is 0.617. The van der Waals surface area contributed by atoms with Crippen LogP contribution in [0.15, 0.2) is 205 Å². The molecule has 0 aliphatic carbocycles. The van der Waals surface area contributed by atoms with Gasteiger partial charge in [0, 0.05) is 27.5 Å². The number of benzene rings is 8. The summed E-state index contributed by atoms with van der Waals surface area (Å²) in [5.41, 5.74) is 13.5. The average molecular weight is 704 g/mol. The lowest BCUT2D eigenvalue weighted by molar-refractivity contribution is 0.669. The van der Waals surface area contributed by atoms with Gasteiger partial charge in [-0.25, -0.2) is 15.0 Å². The van der Waals surface area contributed by atoms with Crippen molar-refractivity contribution >= 4 is 21.9 Å². The Bertz CT molecular complexity index is 2970. The minimum atomic E-state index is 0.617. The molecule has 0 atom stereocenters. The second kappa shape index (κ2) is 13.8. The van der Waals surface area contributed by atoms with Crippen molar-refractivity contribution in [3.05, 3.63) is 200 Å². The molecule has 2 heterocycles. The second-order valence-corrected chi connectivity index (χ2v) is 13.6. The van der Waals surface area contributed by atoms with E-state index < -0.39 is 0 Å². The summed E-state index contributed by atoms with van der Waals surface area (Å²) in [6.45, 7) is 0. The highest BCUT2D eigenvalue weighted by Crippen LogP contribution is 2.38. The maximum absolute atomic E-state index is 6.20. The van der Waals surface area contributed by atoms with E-state index in [2.05, 4.69) is 164 Å². The minimum Gasteiger partial charge on any atom is -0.456 e. The Balaban J connectivity index is 1.06. The Hall–Kier alpha value is -7.43. The third kappa shape index (κ3) is 6.16. The lowest BCUT2D eigenvalue weighted by Gasteiger charge is -2.13. The van der Waals surface area contributed by atoms with Gasteiger partial charge in [0.1, 0.15) is 11.2 Å². The van der Waals surface area contributed by atoms with Crippen LogP contribution in [0.5, 0.6) is 0 Å². The number of hydrogen-bond donors (Lipinski definition) is 0. The fourth-order valence-corrected chi connectivity index (χ4v) is 7.46. The monoisotopic (exact) mass is 703 g/mol. The van der Waals surface area contributed by atoms with Crippen LogP contribution in [-0.2, 0) is 0 Å². The summed E-state index contributed by atoms with van der Waals surface area (Å²) in [4.78, 5) is 15.4. The van der Waals surface area contributed by atoms with E-state index in [1.165, 1.54) is 0 Å². The fourth-order valence-electron chi connectivity index (χ4n) is 7.46. The fraction of sp³-hybridized carbons (Fsp3) is 0. The first-order chi connectivity index (χ1) is 27.2. The Morgan fingerprint density at radius 1 is 0.273 bits per heavy atom. The molecule has 10 aromatic rings. The lowest BCUT2D eigenvalue weighted by atomic mass is 9.95. The molecular weight excluding hydrogens is 671 g/mol. The summed E-state index contributed by atoms with van der Waals surface area (Å²) in [7, 11) is 0. The summed E-state index contributed by atoms with van der Waals surface area (Å²) < 4.78 is 6.20. The zero-order valence-corrected chi connectivity index (χ0v) is 29.8. The highest BCUT2D eigenvalue weighted by molar-refractivity contribution is 6.12. The summed E-state index contributed by atoms with van der Waals surface area (Å²) >= 11 is 0. The topological polar surface area (TPSA) is 51.8 Å². The molecule has 258 valence electrons. The van der Waals surface area contributed by atoms with Crippen molar-refractivity contribution in [3.63, 3.8) is 0 Å². The van der Waals surface area contributed by atoms with Crippen LogP contribution in [0, 0.1) is 0 Å². The van der Waals surface area contributed by atoms with Crippen molar-refractivity contribution < 1.29 is 4.42 Å². The highest BCUT2D eigenvalue weighted by Gasteiger charge is 2.17. The number of furan rings is 1. The number of fused-ring (bicyclic) bond motifs is 3. The van der Waals surface area contributed by atoms with Crippen molar-refractivity contribution in [3.8, 4) is 78.7 Å². The molecule has 0 saturated heterocycles. The van der Waals surface area contributed by atoms with Gasteiger partial charge in [-0.05, 0) is 68.8 Å². The predicted octanol–water partition coefficient (Wildman–Crippen LogP) is 13.4. The first-order valence-electron chi connectivity index (χ1n) is 18.4. The number of hydrogen-bond acceptors (Lipinski definition) is 4. The van der Waals surface area contributed by atoms with Gasteiger partial charge in [0.25, 0.3) is 0 Å². The van der Waals surface area contributed by atoms with E-state index in [0.717, 1.165) is 83.1 Å². The standard InChI is InChI=1S/C51H33N3O/c1-3-14-34(15-4-1)39-19-12-21-41(33-39)50-52-49(53-51(54-50)44-23-8-7-22-42(44)36-16-5-2-6-17-36)37-30-28-35(29-31-37)38-18-11-20-40(32-38)43-25-13-27-47-48(43)45-24-9-10-26-46(45)55-47/h1-33H. The van der Waals surface area contributed by atoms with Crippen LogP contribution in [0.3, 0.4) is 0 Å². The molecule has 0 aliphatic rings. The van der Waals surface area contributed by atoms with E-state index in [4.69, 9.17) is 19.4 Å². The summed E-state index contributed by atoms with van der Waals surface area (Å²) in [5.74, 6) is 1.87. The van der Waals surface area contributed by atoms with Gasteiger partial charge in [0.15, 0.2) is 17.5 Å². The molecule has 4 nitrogen and oxygen atoms in total. The summed E-state index contributed by atoms with van der Waals surface area (Å²) in [5, 5.41) is 2.26. The van der Waals surface area contributed by atoms with Gasteiger partial charge in [-0.15, -0.1) is 0 Å². The molecule has 55 heavy (non-hydrogen) atoms. The van der Waals surface area contributed by atoms with Gasteiger partial charge in [-0.2, -0.15) is 0 Å². The number of nitrogens with zero attached hydrogens (tertiary/aromatic N) is 3. The van der Waals surface area contributed by atoms with Crippen molar-refractivity contribution in [2.45, 2.75) is 0 Å². The molecule has 0 aliphatic heterocycles. The zero-order valence-electron chi connectivity index (χ0n) is 29.8. The van der Waals surface area contributed by atoms with E-state index in [-0.39, 0.29) is 0 Å². The van der Waals surface area contributed by atoms with Gasteiger partial charge in [0.2, 0.25) is 0 Å². The first-order valence-corrected chi connectivity index (χ1v) is 18.4. The van der Waals surface area contributed by atoms with E-state index >= 15 is 0 Å². The summed E-state index contributed by atoms with van der Waals surface area (Å²) in [6, 6.07) is 69.3. The SMILES string of the molecule is c1ccc(-c2cccc(-c3nc(-c4ccc(-c5cccc(-c6cccc7oc8ccccc8c67)c5)cc4)nc(-c4ccccc4-c4ccccc4)n3)c2)cc1. The second-order valence-electron chi connectivity index (χ2n) is 13.6. The Morgan fingerprint density at radius 2 is 0.745 bits per heavy atom. The molecule has 0 bridgehead atoms. The molecule has 0 spiro atoms. The average Bonchev–Trinajstić information content (AvgIpc) is 3.66. The summed E-state index contributed by atoms with van der Waals surface area (Å²) in [6.07, 6.45) is 0. The van der Waals surface area contributed by atoms with Crippen LogP contribution in [0.1, 0.15) is 0 Å². The smallest absolute Gasteiger partial charge is 0.164 e. The largest absolute Gasteiger partial charge is 0.456 e. The Morgan fingerprint density at radius 3 is 1.51 bits per heavy atom. The Labute approximate surface area is 319 Å². The van der Waals surface area contributed by atoms with Crippen molar-refractivity contribution in [1.82, 2.24) is 15.0 Å². The van der Waals surface area contributed by atoms with Gasteiger partial charge in [-0.3, -0.25) is 0 Å². The van der Waals surface area contributed by atoms with E-state index in [0.29, 0.717) is 17.5 Å². The Kier molecular flexibility index (Phi) is 8.12. The van der Waals surface area contributed by atoms with Gasteiger partial charge in [-0.1, -0.05) is 176 Å². The van der Waals surface area contributed by atoms with E-state index in [9.17, 15) is 0 Å². The van der Waals surface area contributed by atoms with Crippen molar-refractivity contribution in [2.24, 2.45) is 0 Å². The molecule has 0 N–H and O–H groups in total. The highest BCUT2D eigenvalue weighted by atomic mass is 16.3. The number of rotatable bonds is 7. The molecule has 2 aromatic heterocycles. The molecule has 8 aromatic carbocycles. The molecule has 0 saturated carbocycles. The maximum atomic E-state index is 6.20. The van der Waals surface area contributed by atoms with Crippen molar-refractivity contribution in [1.29, 1.82) is 0 Å². The van der Waals surface area contributed by atoms with E-state index in [1.54, 1.807) is 0 Å². The maximum Gasteiger partial charge on any atom is 0.164 e.